The zero-order valence-corrected chi connectivity index (χ0v) is 16.3. The van der Waals surface area contributed by atoms with Gasteiger partial charge in [-0.05, 0) is 30.2 Å². The minimum absolute atomic E-state index is 0.0438. The first-order valence-corrected chi connectivity index (χ1v) is 10.0. The van der Waals surface area contributed by atoms with E-state index >= 15 is 0 Å². The minimum Gasteiger partial charge on any atom is -0.378 e. The molecule has 4 rings (SSSR count). The van der Waals surface area contributed by atoms with Crippen LogP contribution in [0.2, 0.25) is 0 Å². The van der Waals surface area contributed by atoms with E-state index in [0.29, 0.717) is 32.8 Å². The van der Waals surface area contributed by atoms with Crippen molar-refractivity contribution in [2.75, 3.05) is 32.8 Å². The molecule has 6 heteroatoms. The Morgan fingerprint density at radius 3 is 2.50 bits per heavy atom. The van der Waals surface area contributed by atoms with Gasteiger partial charge in [0.15, 0.2) is 0 Å². The van der Waals surface area contributed by atoms with Crippen LogP contribution in [0.5, 0.6) is 0 Å². The van der Waals surface area contributed by atoms with Crippen LogP contribution in [0.1, 0.15) is 35.7 Å². The van der Waals surface area contributed by atoms with Gasteiger partial charge < -0.3 is 19.1 Å². The van der Waals surface area contributed by atoms with E-state index in [2.05, 4.69) is 35.9 Å². The molecular weight excluding hydrogens is 354 g/mol. The Morgan fingerprint density at radius 1 is 0.964 bits per heavy atom. The van der Waals surface area contributed by atoms with Crippen LogP contribution in [-0.4, -0.2) is 59.0 Å². The third-order valence-electron chi connectivity index (χ3n) is 5.76. The standard InChI is InChI=1S/C22H27N3O3/c1-17-5-2-3-6-18(17)22-19-7-4-10-23(19)11-12-25(22)21(27)9-8-20(26)24-13-15-28-16-14-24/h2-7,10,22H,8-9,11-16H2,1H3/t22-/m0/s1. The average molecular weight is 381 g/mol. The lowest BCUT2D eigenvalue weighted by Crippen LogP contribution is -2.44. The lowest BCUT2D eigenvalue weighted by atomic mass is 9.95. The summed E-state index contributed by atoms with van der Waals surface area (Å²) >= 11 is 0. The zero-order chi connectivity index (χ0) is 19.5. The van der Waals surface area contributed by atoms with E-state index < -0.39 is 0 Å². The molecule has 0 saturated carbocycles. The summed E-state index contributed by atoms with van der Waals surface area (Å²) in [6, 6.07) is 12.3. The molecule has 1 atom stereocenters. The van der Waals surface area contributed by atoms with Crippen molar-refractivity contribution in [2.45, 2.75) is 32.4 Å². The normalized spacial score (nSPS) is 19.4. The molecule has 0 bridgehead atoms. The molecule has 2 amide bonds. The van der Waals surface area contributed by atoms with Gasteiger partial charge in [0.2, 0.25) is 11.8 Å². The van der Waals surface area contributed by atoms with Crippen LogP contribution in [0.15, 0.2) is 42.6 Å². The topological polar surface area (TPSA) is 54.8 Å². The molecule has 0 N–H and O–H groups in total. The van der Waals surface area contributed by atoms with Crippen molar-refractivity contribution in [3.63, 3.8) is 0 Å². The maximum absolute atomic E-state index is 13.1. The summed E-state index contributed by atoms with van der Waals surface area (Å²) in [5.41, 5.74) is 3.45. The van der Waals surface area contributed by atoms with Crippen molar-refractivity contribution in [1.29, 1.82) is 0 Å². The predicted molar refractivity (Wildman–Crippen MR) is 106 cm³/mol. The maximum atomic E-state index is 13.1. The minimum atomic E-state index is -0.101. The number of morpholine rings is 1. The van der Waals surface area contributed by atoms with Crippen molar-refractivity contribution < 1.29 is 14.3 Å². The first-order valence-electron chi connectivity index (χ1n) is 10.0. The molecule has 6 nitrogen and oxygen atoms in total. The van der Waals surface area contributed by atoms with Gasteiger partial charge in [-0.15, -0.1) is 0 Å². The number of hydrogen-bond donors (Lipinski definition) is 0. The molecule has 3 heterocycles. The summed E-state index contributed by atoms with van der Waals surface area (Å²) in [6.45, 7) is 5.93. The Kier molecular flexibility index (Phi) is 5.48. The number of fused-ring (bicyclic) bond motifs is 1. The lowest BCUT2D eigenvalue weighted by Gasteiger charge is -2.38. The fourth-order valence-electron chi connectivity index (χ4n) is 4.20. The Labute approximate surface area is 165 Å². The summed E-state index contributed by atoms with van der Waals surface area (Å²) in [5, 5.41) is 0. The second-order valence-corrected chi connectivity index (χ2v) is 7.47. The van der Waals surface area contributed by atoms with E-state index in [-0.39, 0.29) is 30.7 Å². The van der Waals surface area contributed by atoms with Crippen molar-refractivity contribution >= 4 is 11.8 Å². The van der Waals surface area contributed by atoms with Crippen LogP contribution in [-0.2, 0) is 20.9 Å². The molecule has 1 fully saturated rings. The number of amides is 2. The van der Waals surface area contributed by atoms with Gasteiger partial charge in [-0.3, -0.25) is 9.59 Å². The van der Waals surface area contributed by atoms with Gasteiger partial charge in [-0.2, -0.15) is 0 Å². The van der Waals surface area contributed by atoms with Gasteiger partial charge in [0.1, 0.15) is 0 Å². The highest BCUT2D eigenvalue weighted by atomic mass is 16.5. The highest BCUT2D eigenvalue weighted by molar-refractivity contribution is 5.84. The highest BCUT2D eigenvalue weighted by Gasteiger charge is 2.33. The van der Waals surface area contributed by atoms with E-state index in [0.717, 1.165) is 17.8 Å². The second kappa shape index (κ2) is 8.19. The molecule has 2 aromatic rings. The number of benzene rings is 1. The van der Waals surface area contributed by atoms with Crippen LogP contribution >= 0.6 is 0 Å². The molecule has 0 radical (unpaired) electrons. The van der Waals surface area contributed by atoms with Crippen molar-refractivity contribution in [1.82, 2.24) is 14.4 Å². The molecule has 0 unspecified atom stereocenters. The quantitative estimate of drug-likeness (QED) is 0.817. The van der Waals surface area contributed by atoms with Crippen molar-refractivity contribution in [3.05, 3.63) is 59.4 Å². The summed E-state index contributed by atoms with van der Waals surface area (Å²) in [6.07, 6.45) is 2.58. The molecule has 2 aliphatic rings. The zero-order valence-electron chi connectivity index (χ0n) is 16.3. The van der Waals surface area contributed by atoms with Crippen LogP contribution in [0.4, 0.5) is 0 Å². The number of hydrogen-bond acceptors (Lipinski definition) is 3. The number of ether oxygens (including phenoxy) is 1. The third kappa shape index (κ3) is 3.69. The van der Waals surface area contributed by atoms with Gasteiger partial charge in [0.25, 0.3) is 0 Å². The number of rotatable bonds is 4. The number of nitrogens with zero attached hydrogens (tertiary/aromatic N) is 3. The Balaban J connectivity index is 1.51. The van der Waals surface area contributed by atoms with E-state index in [4.69, 9.17) is 4.74 Å². The molecule has 1 aromatic heterocycles. The van der Waals surface area contributed by atoms with Gasteiger partial charge in [-0.25, -0.2) is 0 Å². The summed E-state index contributed by atoms with van der Waals surface area (Å²) in [7, 11) is 0. The molecule has 148 valence electrons. The Morgan fingerprint density at radius 2 is 1.71 bits per heavy atom. The number of carbonyl (C=O) groups is 2. The van der Waals surface area contributed by atoms with Crippen LogP contribution in [0.25, 0.3) is 0 Å². The Hall–Kier alpha value is -2.60. The van der Waals surface area contributed by atoms with Crippen LogP contribution < -0.4 is 0 Å². The fraction of sp³-hybridized carbons (Fsp3) is 0.455. The van der Waals surface area contributed by atoms with Gasteiger partial charge in [0.05, 0.1) is 19.3 Å². The second-order valence-electron chi connectivity index (χ2n) is 7.47. The van der Waals surface area contributed by atoms with E-state index in [1.54, 1.807) is 4.90 Å². The maximum Gasteiger partial charge on any atom is 0.223 e. The van der Waals surface area contributed by atoms with E-state index in [9.17, 15) is 9.59 Å². The van der Waals surface area contributed by atoms with Crippen LogP contribution in [0, 0.1) is 6.92 Å². The van der Waals surface area contributed by atoms with Crippen molar-refractivity contribution in [3.8, 4) is 0 Å². The lowest BCUT2D eigenvalue weighted by molar-refractivity contribution is -0.140. The van der Waals surface area contributed by atoms with Gasteiger partial charge >= 0.3 is 0 Å². The highest BCUT2D eigenvalue weighted by Crippen LogP contribution is 2.34. The Bertz CT molecular complexity index is 854. The first-order chi connectivity index (χ1) is 13.6. The number of aromatic nitrogens is 1. The van der Waals surface area contributed by atoms with E-state index in [1.165, 1.54) is 5.56 Å². The molecule has 0 aliphatic carbocycles. The first kappa shape index (κ1) is 18.7. The third-order valence-corrected chi connectivity index (χ3v) is 5.76. The van der Waals surface area contributed by atoms with Crippen molar-refractivity contribution in [2.24, 2.45) is 0 Å². The largest absolute Gasteiger partial charge is 0.378 e. The van der Waals surface area contributed by atoms with E-state index in [1.807, 2.05) is 23.1 Å². The molecule has 0 spiro atoms. The van der Waals surface area contributed by atoms with Gasteiger partial charge in [-0.1, -0.05) is 24.3 Å². The SMILES string of the molecule is Cc1ccccc1[C@H]1c2cccn2CCN1C(=O)CCC(=O)N1CCOCC1. The fourth-order valence-corrected chi connectivity index (χ4v) is 4.20. The summed E-state index contributed by atoms with van der Waals surface area (Å²) in [5.74, 6) is 0.0896. The predicted octanol–water partition coefficient (Wildman–Crippen LogP) is 2.37. The molecular formula is C22H27N3O3. The summed E-state index contributed by atoms with van der Waals surface area (Å²) < 4.78 is 7.52. The monoisotopic (exact) mass is 381 g/mol. The number of carbonyl (C=O) groups excluding carboxylic acids is 2. The molecule has 28 heavy (non-hydrogen) atoms. The van der Waals surface area contributed by atoms with Gasteiger partial charge in [0, 0.05) is 50.9 Å². The smallest absolute Gasteiger partial charge is 0.223 e. The molecule has 1 saturated heterocycles. The summed E-state index contributed by atoms with van der Waals surface area (Å²) in [4.78, 5) is 29.3. The average Bonchev–Trinajstić information content (AvgIpc) is 3.21. The van der Waals surface area contributed by atoms with Crippen LogP contribution in [0.3, 0.4) is 0 Å². The molecule has 2 aliphatic heterocycles. The number of aryl methyl sites for hydroxylation is 1. The molecule has 1 aromatic carbocycles.